The maximum atomic E-state index is 11.9. The van der Waals surface area contributed by atoms with Gasteiger partial charge >= 0.3 is 5.97 Å². The first-order valence-corrected chi connectivity index (χ1v) is 5.48. The van der Waals surface area contributed by atoms with Crippen molar-refractivity contribution >= 4 is 5.97 Å². The van der Waals surface area contributed by atoms with Crippen LogP contribution in [0.2, 0.25) is 0 Å². The second-order valence-electron chi connectivity index (χ2n) is 4.15. The van der Waals surface area contributed by atoms with Gasteiger partial charge in [-0.1, -0.05) is 6.07 Å². The van der Waals surface area contributed by atoms with Crippen molar-refractivity contribution < 1.29 is 14.3 Å². The van der Waals surface area contributed by atoms with E-state index in [1.54, 1.807) is 12.4 Å². The fourth-order valence-electron chi connectivity index (χ4n) is 2.24. The highest BCUT2D eigenvalue weighted by atomic mass is 16.5. The summed E-state index contributed by atoms with van der Waals surface area (Å²) in [5.41, 5.74) is 0.329. The molecule has 0 amide bonds. The van der Waals surface area contributed by atoms with E-state index in [1.165, 1.54) is 7.11 Å². The quantitative estimate of drug-likeness (QED) is 0.773. The molecule has 1 aliphatic heterocycles. The Balaban J connectivity index is 2.31. The van der Waals surface area contributed by atoms with Gasteiger partial charge in [0, 0.05) is 12.4 Å². The first kappa shape index (κ1) is 12.0. The third-order valence-corrected chi connectivity index (χ3v) is 3.17. The van der Waals surface area contributed by atoms with E-state index in [-0.39, 0.29) is 12.0 Å². The fraction of sp³-hybridized carbons (Fsp3) is 0.500. The van der Waals surface area contributed by atoms with E-state index in [9.17, 15) is 4.79 Å². The summed E-state index contributed by atoms with van der Waals surface area (Å²) < 4.78 is 10.1. The lowest BCUT2D eigenvalue weighted by molar-refractivity contribution is -0.190. The number of esters is 1. The number of carbonyl (C=O) groups is 1. The molecule has 1 aromatic heterocycles. The molecule has 1 unspecified atom stereocenters. The van der Waals surface area contributed by atoms with Crippen LogP contribution in [0.25, 0.3) is 0 Å². The summed E-state index contributed by atoms with van der Waals surface area (Å²) in [7, 11) is 3.22. The molecule has 1 saturated heterocycles. The Labute approximate surface area is 100 Å². The highest BCUT2D eigenvalue weighted by Gasteiger charge is 2.53. The molecule has 0 saturated carbocycles. The van der Waals surface area contributed by atoms with Gasteiger partial charge in [-0.2, -0.15) is 0 Å². The average molecular weight is 236 g/mol. The Bertz CT molecular complexity index is 390. The lowest BCUT2D eigenvalue weighted by atomic mass is 9.75. The van der Waals surface area contributed by atoms with Crippen molar-refractivity contribution in [3.05, 3.63) is 30.1 Å². The van der Waals surface area contributed by atoms with Gasteiger partial charge in [0.25, 0.3) is 0 Å². The first-order chi connectivity index (χ1) is 8.24. The van der Waals surface area contributed by atoms with Gasteiger partial charge in [-0.05, 0) is 18.7 Å². The molecule has 0 aromatic carbocycles. The number of aromatic nitrogens is 1. The summed E-state index contributed by atoms with van der Waals surface area (Å²) >= 11 is 0. The van der Waals surface area contributed by atoms with Gasteiger partial charge in [0.05, 0.1) is 26.4 Å². The first-order valence-electron chi connectivity index (χ1n) is 5.48. The molecule has 5 heteroatoms. The van der Waals surface area contributed by atoms with Crippen LogP contribution < -0.4 is 5.32 Å². The summed E-state index contributed by atoms with van der Waals surface area (Å²) in [6.07, 6.45) is 3.46. The van der Waals surface area contributed by atoms with E-state index in [0.717, 1.165) is 5.56 Å². The van der Waals surface area contributed by atoms with Crippen molar-refractivity contribution in [3.8, 4) is 0 Å². The van der Waals surface area contributed by atoms with Crippen LogP contribution in [0.1, 0.15) is 11.6 Å². The molecule has 1 N–H and O–H groups in total. The summed E-state index contributed by atoms with van der Waals surface area (Å²) in [6.45, 7) is 0.750. The second-order valence-corrected chi connectivity index (χ2v) is 4.15. The van der Waals surface area contributed by atoms with Crippen molar-refractivity contribution in [1.29, 1.82) is 0 Å². The molecule has 0 bridgehead atoms. The number of methoxy groups -OCH3 is 1. The normalized spacial score (nSPS) is 19.2. The third kappa shape index (κ3) is 1.92. The monoisotopic (exact) mass is 236 g/mol. The lowest BCUT2D eigenvalue weighted by Gasteiger charge is -2.44. The molecular weight excluding hydrogens is 220 g/mol. The van der Waals surface area contributed by atoms with Gasteiger partial charge in [-0.25, -0.2) is 0 Å². The molecule has 2 heterocycles. The molecule has 1 aliphatic rings. The Kier molecular flexibility index (Phi) is 3.40. The van der Waals surface area contributed by atoms with Crippen LogP contribution >= 0.6 is 0 Å². The van der Waals surface area contributed by atoms with Crippen LogP contribution in [0.4, 0.5) is 0 Å². The van der Waals surface area contributed by atoms with Crippen LogP contribution in [0.15, 0.2) is 24.5 Å². The van der Waals surface area contributed by atoms with E-state index in [2.05, 4.69) is 10.3 Å². The molecule has 2 rings (SSSR count). The molecule has 0 radical (unpaired) electrons. The maximum absolute atomic E-state index is 11.9. The molecule has 1 fully saturated rings. The highest BCUT2D eigenvalue weighted by Crippen LogP contribution is 2.41. The number of hydrogen-bond acceptors (Lipinski definition) is 5. The standard InChI is InChI=1S/C12H16N2O3/c1-13-10(9-4-3-5-14-6-9)12(7-17-8-12)11(15)16-2/h3-6,10,13H,7-8H2,1-2H3. The minimum atomic E-state index is -0.632. The van der Waals surface area contributed by atoms with E-state index in [1.807, 2.05) is 19.2 Å². The van der Waals surface area contributed by atoms with Crippen LogP contribution in [-0.2, 0) is 14.3 Å². The minimum absolute atomic E-state index is 0.141. The van der Waals surface area contributed by atoms with Gasteiger partial charge in [0.1, 0.15) is 5.41 Å². The van der Waals surface area contributed by atoms with E-state index in [4.69, 9.17) is 9.47 Å². The van der Waals surface area contributed by atoms with E-state index >= 15 is 0 Å². The lowest BCUT2D eigenvalue weighted by Crippen LogP contribution is -2.56. The number of ether oxygens (including phenoxy) is 2. The van der Waals surface area contributed by atoms with Gasteiger partial charge in [-0.3, -0.25) is 9.78 Å². The summed E-state index contributed by atoms with van der Waals surface area (Å²) in [5, 5.41) is 3.16. The average Bonchev–Trinajstić information content (AvgIpc) is 2.33. The molecule has 0 spiro atoms. The Hall–Kier alpha value is -1.46. The maximum Gasteiger partial charge on any atom is 0.318 e. The zero-order valence-electron chi connectivity index (χ0n) is 9.97. The number of pyridine rings is 1. The molecular formula is C12H16N2O3. The highest BCUT2D eigenvalue weighted by molar-refractivity contribution is 5.79. The van der Waals surface area contributed by atoms with Crippen molar-refractivity contribution in [3.63, 3.8) is 0 Å². The Morgan fingerprint density at radius 2 is 2.41 bits per heavy atom. The number of hydrogen-bond donors (Lipinski definition) is 1. The Morgan fingerprint density at radius 3 is 2.82 bits per heavy atom. The summed E-state index contributed by atoms with van der Waals surface area (Å²) in [5.74, 6) is -0.244. The van der Waals surface area contributed by atoms with Crippen molar-refractivity contribution in [2.75, 3.05) is 27.4 Å². The minimum Gasteiger partial charge on any atom is -0.468 e. The van der Waals surface area contributed by atoms with Crippen LogP contribution in [0.3, 0.4) is 0 Å². The molecule has 92 valence electrons. The zero-order chi connectivity index (χ0) is 12.3. The van der Waals surface area contributed by atoms with Crippen LogP contribution in [0.5, 0.6) is 0 Å². The van der Waals surface area contributed by atoms with Gasteiger partial charge in [0.15, 0.2) is 0 Å². The Morgan fingerprint density at radius 1 is 1.65 bits per heavy atom. The van der Waals surface area contributed by atoms with Crippen molar-refractivity contribution in [1.82, 2.24) is 10.3 Å². The van der Waals surface area contributed by atoms with Gasteiger partial charge in [-0.15, -0.1) is 0 Å². The predicted octanol–water partition coefficient (Wildman–Crippen LogP) is 0.532. The SMILES string of the molecule is CNC(c1cccnc1)C1(C(=O)OC)COC1. The van der Waals surface area contributed by atoms with Gasteiger partial charge < -0.3 is 14.8 Å². The summed E-state index contributed by atoms with van der Waals surface area (Å²) in [6, 6.07) is 3.65. The smallest absolute Gasteiger partial charge is 0.318 e. The molecule has 0 aliphatic carbocycles. The number of nitrogens with one attached hydrogen (secondary N) is 1. The number of nitrogens with zero attached hydrogens (tertiary/aromatic N) is 1. The van der Waals surface area contributed by atoms with Gasteiger partial charge in [0.2, 0.25) is 0 Å². The number of rotatable bonds is 4. The second kappa shape index (κ2) is 4.81. The number of carbonyl (C=O) groups excluding carboxylic acids is 1. The fourth-order valence-corrected chi connectivity index (χ4v) is 2.24. The van der Waals surface area contributed by atoms with Crippen molar-refractivity contribution in [2.24, 2.45) is 5.41 Å². The predicted molar refractivity (Wildman–Crippen MR) is 61.3 cm³/mol. The van der Waals surface area contributed by atoms with Crippen LogP contribution in [-0.4, -0.2) is 38.3 Å². The zero-order valence-corrected chi connectivity index (χ0v) is 9.97. The molecule has 1 atom stereocenters. The topological polar surface area (TPSA) is 60.5 Å². The third-order valence-electron chi connectivity index (χ3n) is 3.17. The van der Waals surface area contributed by atoms with Crippen molar-refractivity contribution in [2.45, 2.75) is 6.04 Å². The summed E-state index contributed by atoms with van der Waals surface area (Å²) in [4.78, 5) is 16.0. The molecule has 5 nitrogen and oxygen atoms in total. The molecule has 17 heavy (non-hydrogen) atoms. The van der Waals surface area contributed by atoms with E-state index < -0.39 is 5.41 Å². The molecule has 1 aromatic rings. The van der Waals surface area contributed by atoms with Crippen LogP contribution in [0, 0.1) is 5.41 Å². The largest absolute Gasteiger partial charge is 0.468 e. The van der Waals surface area contributed by atoms with E-state index in [0.29, 0.717) is 13.2 Å².